The highest BCUT2D eigenvalue weighted by atomic mass is 15.3. The quantitative estimate of drug-likeness (QED) is 0.705. The standard InChI is InChI=1S/C23H25N5/c1-2-8-21(9-3-1)26-12-14-27(15-13-26)22-16-23(25-18-24-22)28-11-10-19-6-4-5-7-20(19)17-28/h1-9,16,18H,10-15,17H2. The van der Waals surface area contributed by atoms with E-state index in [9.17, 15) is 0 Å². The summed E-state index contributed by atoms with van der Waals surface area (Å²) in [7, 11) is 0. The van der Waals surface area contributed by atoms with Gasteiger partial charge in [0.2, 0.25) is 0 Å². The minimum atomic E-state index is 0.925. The molecule has 1 saturated heterocycles. The number of fused-ring (bicyclic) bond motifs is 1. The first-order valence-electron chi connectivity index (χ1n) is 10.1. The zero-order valence-corrected chi connectivity index (χ0v) is 16.0. The maximum absolute atomic E-state index is 4.57. The fourth-order valence-electron chi connectivity index (χ4n) is 4.21. The molecule has 142 valence electrons. The lowest BCUT2D eigenvalue weighted by Crippen LogP contribution is -2.46. The Morgan fingerprint density at radius 1 is 0.607 bits per heavy atom. The van der Waals surface area contributed by atoms with Gasteiger partial charge in [-0.2, -0.15) is 0 Å². The summed E-state index contributed by atoms with van der Waals surface area (Å²) in [4.78, 5) is 16.3. The van der Waals surface area contributed by atoms with Crippen molar-refractivity contribution in [3.63, 3.8) is 0 Å². The Balaban J connectivity index is 1.28. The van der Waals surface area contributed by atoms with Gasteiger partial charge >= 0.3 is 0 Å². The number of aromatic nitrogens is 2. The maximum Gasteiger partial charge on any atom is 0.134 e. The van der Waals surface area contributed by atoms with Crippen molar-refractivity contribution < 1.29 is 0 Å². The van der Waals surface area contributed by atoms with Crippen molar-refractivity contribution >= 4 is 17.3 Å². The van der Waals surface area contributed by atoms with Gasteiger partial charge in [0.15, 0.2) is 0 Å². The van der Waals surface area contributed by atoms with Gasteiger partial charge in [-0.25, -0.2) is 9.97 Å². The van der Waals surface area contributed by atoms with Crippen molar-refractivity contribution in [2.24, 2.45) is 0 Å². The van der Waals surface area contributed by atoms with Crippen LogP contribution < -0.4 is 14.7 Å². The molecule has 0 atom stereocenters. The Bertz CT molecular complexity index is 934. The van der Waals surface area contributed by atoms with Crippen LogP contribution in [-0.2, 0) is 13.0 Å². The molecule has 0 unspecified atom stereocenters. The summed E-state index contributed by atoms with van der Waals surface area (Å²) in [6, 6.07) is 21.5. The van der Waals surface area contributed by atoms with E-state index in [1.165, 1.54) is 16.8 Å². The van der Waals surface area contributed by atoms with Crippen molar-refractivity contribution in [2.45, 2.75) is 13.0 Å². The van der Waals surface area contributed by atoms with E-state index in [1.54, 1.807) is 6.33 Å². The molecule has 0 bridgehead atoms. The molecular formula is C23H25N5. The van der Waals surface area contributed by atoms with E-state index in [1.807, 2.05) is 0 Å². The van der Waals surface area contributed by atoms with Crippen molar-refractivity contribution in [1.82, 2.24) is 9.97 Å². The van der Waals surface area contributed by atoms with Crippen molar-refractivity contribution in [3.8, 4) is 0 Å². The molecule has 0 N–H and O–H groups in total. The lowest BCUT2D eigenvalue weighted by Gasteiger charge is -2.37. The van der Waals surface area contributed by atoms with Crippen LogP contribution in [0.1, 0.15) is 11.1 Å². The Labute approximate surface area is 166 Å². The third-order valence-electron chi connectivity index (χ3n) is 5.82. The summed E-state index contributed by atoms with van der Waals surface area (Å²) in [5, 5.41) is 0. The minimum absolute atomic E-state index is 0.925. The van der Waals surface area contributed by atoms with E-state index in [0.29, 0.717) is 0 Å². The molecule has 0 spiro atoms. The van der Waals surface area contributed by atoms with Crippen LogP contribution in [0.25, 0.3) is 0 Å². The molecule has 1 aromatic heterocycles. The highest BCUT2D eigenvalue weighted by Crippen LogP contribution is 2.26. The predicted molar refractivity (Wildman–Crippen MR) is 114 cm³/mol. The van der Waals surface area contributed by atoms with Crippen LogP contribution in [0.15, 0.2) is 67.0 Å². The van der Waals surface area contributed by atoms with Crippen LogP contribution in [0.2, 0.25) is 0 Å². The first-order chi connectivity index (χ1) is 13.9. The second kappa shape index (κ2) is 7.50. The summed E-state index contributed by atoms with van der Waals surface area (Å²) in [6.07, 6.45) is 2.79. The van der Waals surface area contributed by atoms with E-state index in [2.05, 4.69) is 85.3 Å². The molecule has 2 aliphatic heterocycles. The van der Waals surface area contributed by atoms with E-state index < -0.39 is 0 Å². The fraction of sp³-hybridized carbons (Fsp3) is 0.304. The number of nitrogens with zero attached hydrogens (tertiary/aromatic N) is 5. The average Bonchev–Trinajstić information content (AvgIpc) is 2.79. The van der Waals surface area contributed by atoms with Gasteiger partial charge in [-0.05, 0) is 29.7 Å². The number of hydrogen-bond acceptors (Lipinski definition) is 5. The molecule has 5 nitrogen and oxygen atoms in total. The fourth-order valence-corrected chi connectivity index (χ4v) is 4.21. The highest BCUT2D eigenvalue weighted by molar-refractivity contribution is 5.54. The maximum atomic E-state index is 4.57. The van der Waals surface area contributed by atoms with Crippen LogP contribution in [0.5, 0.6) is 0 Å². The van der Waals surface area contributed by atoms with E-state index >= 15 is 0 Å². The molecule has 2 aliphatic rings. The predicted octanol–water partition coefficient (Wildman–Crippen LogP) is 3.37. The summed E-state index contributed by atoms with van der Waals surface area (Å²) in [5.74, 6) is 2.07. The van der Waals surface area contributed by atoms with Gasteiger partial charge in [-0.1, -0.05) is 42.5 Å². The largest absolute Gasteiger partial charge is 0.368 e. The first-order valence-corrected chi connectivity index (χ1v) is 10.1. The first kappa shape index (κ1) is 17.0. The van der Waals surface area contributed by atoms with E-state index in [-0.39, 0.29) is 0 Å². The van der Waals surface area contributed by atoms with Gasteiger partial charge < -0.3 is 14.7 Å². The molecular weight excluding hydrogens is 346 g/mol. The second-order valence-corrected chi connectivity index (χ2v) is 7.48. The Kier molecular flexibility index (Phi) is 4.57. The minimum Gasteiger partial charge on any atom is -0.368 e. The molecule has 2 aromatic carbocycles. The SMILES string of the molecule is c1ccc(N2CCN(c3cc(N4CCc5ccccc5C4)ncn3)CC2)cc1. The van der Waals surface area contributed by atoms with Crippen LogP contribution >= 0.6 is 0 Å². The molecule has 3 aromatic rings. The third kappa shape index (κ3) is 3.40. The Hall–Kier alpha value is -3.08. The normalized spacial score (nSPS) is 16.8. The van der Waals surface area contributed by atoms with Gasteiger partial charge in [0.1, 0.15) is 18.0 Å². The lowest BCUT2D eigenvalue weighted by molar-refractivity contribution is 0.645. The number of piperazine rings is 1. The molecule has 0 radical (unpaired) electrons. The van der Waals surface area contributed by atoms with Gasteiger partial charge in [-0.3, -0.25) is 0 Å². The highest BCUT2D eigenvalue weighted by Gasteiger charge is 2.21. The zero-order valence-electron chi connectivity index (χ0n) is 16.0. The number of hydrogen-bond donors (Lipinski definition) is 0. The summed E-state index contributed by atoms with van der Waals surface area (Å²) < 4.78 is 0. The van der Waals surface area contributed by atoms with E-state index in [4.69, 9.17) is 0 Å². The summed E-state index contributed by atoms with van der Waals surface area (Å²) >= 11 is 0. The van der Waals surface area contributed by atoms with Crippen LogP contribution in [-0.4, -0.2) is 42.7 Å². The van der Waals surface area contributed by atoms with Crippen molar-refractivity contribution in [3.05, 3.63) is 78.1 Å². The zero-order chi connectivity index (χ0) is 18.8. The molecule has 0 aliphatic carbocycles. The third-order valence-corrected chi connectivity index (χ3v) is 5.82. The van der Waals surface area contributed by atoms with Gasteiger partial charge in [0.25, 0.3) is 0 Å². The molecule has 0 amide bonds. The monoisotopic (exact) mass is 371 g/mol. The molecule has 5 heteroatoms. The molecule has 5 rings (SSSR count). The number of benzene rings is 2. The van der Waals surface area contributed by atoms with Crippen LogP contribution in [0.4, 0.5) is 17.3 Å². The Morgan fingerprint density at radius 2 is 1.25 bits per heavy atom. The summed E-state index contributed by atoms with van der Waals surface area (Å²) in [6.45, 7) is 5.92. The molecule has 1 fully saturated rings. The van der Waals surface area contributed by atoms with Gasteiger partial charge in [0, 0.05) is 51.0 Å². The van der Waals surface area contributed by atoms with Gasteiger partial charge in [0.05, 0.1) is 0 Å². The second-order valence-electron chi connectivity index (χ2n) is 7.48. The smallest absolute Gasteiger partial charge is 0.134 e. The lowest BCUT2D eigenvalue weighted by atomic mass is 10.00. The number of anilines is 3. The average molecular weight is 371 g/mol. The molecule has 3 heterocycles. The summed E-state index contributed by atoms with van der Waals surface area (Å²) in [5.41, 5.74) is 4.17. The van der Waals surface area contributed by atoms with E-state index in [0.717, 1.165) is 57.3 Å². The Morgan fingerprint density at radius 3 is 2.04 bits per heavy atom. The van der Waals surface area contributed by atoms with Crippen molar-refractivity contribution in [1.29, 1.82) is 0 Å². The van der Waals surface area contributed by atoms with Crippen molar-refractivity contribution in [2.75, 3.05) is 47.4 Å². The van der Waals surface area contributed by atoms with Gasteiger partial charge in [-0.15, -0.1) is 0 Å². The van der Waals surface area contributed by atoms with Crippen LogP contribution in [0.3, 0.4) is 0 Å². The number of rotatable bonds is 3. The molecule has 0 saturated carbocycles. The number of para-hydroxylation sites is 1. The topological polar surface area (TPSA) is 35.5 Å². The molecule has 28 heavy (non-hydrogen) atoms. The van der Waals surface area contributed by atoms with Crippen LogP contribution in [0, 0.1) is 0 Å².